The SMILES string of the molecule is CCCCCCCCCc1nc2sc3c(c2c(=O)n1N)CCCC3. The zero-order chi connectivity index (χ0) is 16.9. The molecule has 4 nitrogen and oxygen atoms in total. The Morgan fingerprint density at radius 1 is 1.08 bits per heavy atom. The van der Waals surface area contributed by atoms with E-state index >= 15 is 0 Å². The third kappa shape index (κ3) is 3.66. The largest absolute Gasteiger partial charge is 0.335 e. The minimum Gasteiger partial charge on any atom is -0.335 e. The summed E-state index contributed by atoms with van der Waals surface area (Å²) in [5.41, 5.74) is 1.18. The van der Waals surface area contributed by atoms with E-state index in [2.05, 4.69) is 6.92 Å². The molecule has 0 amide bonds. The van der Waals surface area contributed by atoms with E-state index in [4.69, 9.17) is 10.8 Å². The van der Waals surface area contributed by atoms with Gasteiger partial charge in [0.15, 0.2) is 0 Å². The number of rotatable bonds is 8. The summed E-state index contributed by atoms with van der Waals surface area (Å²) in [7, 11) is 0. The van der Waals surface area contributed by atoms with Gasteiger partial charge in [-0.25, -0.2) is 9.66 Å². The Kier molecular flexibility index (Phi) is 5.93. The highest BCUT2D eigenvalue weighted by Gasteiger charge is 2.21. The monoisotopic (exact) mass is 347 g/mol. The first kappa shape index (κ1) is 17.5. The molecule has 0 unspecified atom stereocenters. The second kappa shape index (κ2) is 8.15. The van der Waals surface area contributed by atoms with Crippen LogP contribution in [0.4, 0.5) is 0 Å². The Morgan fingerprint density at radius 3 is 2.58 bits per heavy atom. The second-order valence-electron chi connectivity index (χ2n) is 6.97. The van der Waals surface area contributed by atoms with E-state index < -0.39 is 0 Å². The van der Waals surface area contributed by atoms with E-state index in [0.29, 0.717) is 0 Å². The van der Waals surface area contributed by atoms with Gasteiger partial charge in [0.05, 0.1) is 5.39 Å². The Morgan fingerprint density at radius 2 is 1.79 bits per heavy atom. The van der Waals surface area contributed by atoms with Crippen molar-refractivity contribution in [2.75, 3.05) is 5.84 Å². The number of hydrogen-bond acceptors (Lipinski definition) is 4. The lowest BCUT2D eigenvalue weighted by atomic mass is 9.97. The molecule has 0 aromatic carbocycles. The fourth-order valence-corrected chi connectivity index (χ4v) is 4.95. The highest BCUT2D eigenvalue weighted by Crippen LogP contribution is 2.33. The normalized spacial score (nSPS) is 14.2. The number of thiophene rings is 1. The maximum atomic E-state index is 12.7. The fraction of sp³-hybridized carbons (Fsp3) is 0.684. The molecule has 0 atom stereocenters. The molecule has 0 aliphatic heterocycles. The first-order valence-electron chi connectivity index (χ1n) is 9.53. The van der Waals surface area contributed by atoms with E-state index in [1.54, 1.807) is 11.3 Å². The average Bonchev–Trinajstić information content (AvgIpc) is 2.96. The van der Waals surface area contributed by atoms with Crippen LogP contribution < -0.4 is 11.4 Å². The molecule has 1 aliphatic rings. The Hall–Kier alpha value is -1.36. The Bertz CT molecular complexity index is 747. The van der Waals surface area contributed by atoms with E-state index in [1.165, 1.54) is 66.5 Å². The third-order valence-corrected chi connectivity index (χ3v) is 6.28. The number of unbranched alkanes of at least 4 members (excludes halogenated alkanes) is 6. The number of aromatic nitrogens is 2. The molecule has 5 heteroatoms. The molecule has 132 valence electrons. The molecule has 0 radical (unpaired) electrons. The van der Waals surface area contributed by atoms with Crippen LogP contribution in [0.2, 0.25) is 0 Å². The minimum absolute atomic E-state index is 0.0441. The van der Waals surface area contributed by atoms with Crippen molar-refractivity contribution in [3.63, 3.8) is 0 Å². The number of nitrogens with zero attached hydrogens (tertiary/aromatic N) is 2. The Labute approximate surface area is 148 Å². The summed E-state index contributed by atoms with van der Waals surface area (Å²) >= 11 is 1.71. The van der Waals surface area contributed by atoms with Crippen LogP contribution in [-0.2, 0) is 19.3 Å². The summed E-state index contributed by atoms with van der Waals surface area (Å²) in [6.07, 6.45) is 14.1. The number of hydrogen-bond donors (Lipinski definition) is 1. The van der Waals surface area contributed by atoms with Gasteiger partial charge in [0.2, 0.25) is 0 Å². The summed E-state index contributed by atoms with van der Waals surface area (Å²) in [6.45, 7) is 2.24. The van der Waals surface area contributed by atoms with E-state index in [1.807, 2.05) is 0 Å². The van der Waals surface area contributed by atoms with Gasteiger partial charge < -0.3 is 5.84 Å². The highest BCUT2D eigenvalue weighted by molar-refractivity contribution is 7.18. The molecule has 2 aromatic heterocycles. The first-order chi connectivity index (χ1) is 11.7. The molecule has 24 heavy (non-hydrogen) atoms. The van der Waals surface area contributed by atoms with Gasteiger partial charge in [0.25, 0.3) is 5.56 Å². The average molecular weight is 348 g/mol. The maximum absolute atomic E-state index is 12.7. The first-order valence-corrected chi connectivity index (χ1v) is 10.3. The van der Waals surface area contributed by atoms with E-state index in [0.717, 1.165) is 41.7 Å². The highest BCUT2D eigenvalue weighted by atomic mass is 32.1. The van der Waals surface area contributed by atoms with Crippen molar-refractivity contribution in [3.05, 3.63) is 26.6 Å². The van der Waals surface area contributed by atoms with Gasteiger partial charge in [-0.3, -0.25) is 4.79 Å². The molecule has 2 N–H and O–H groups in total. The van der Waals surface area contributed by atoms with Crippen LogP contribution in [0.15, 0.2) is 4.79 Å². The van der Waals surface area contributed by atoms with Gasteiger partial charge in [-0.15, -0.1) is 11.3 Å². The zero-order valence-electron chi connectivity index (χ0n) is 14.8. The topological polar surface area (TPSA) is 60.9 Å². The van der Waals surface area contributed by atoms with Gasteiger partial charge >= 0.3 is 0 Å². The fourth-order valence-electron chi connectivity index (χ4n) is 3.68. The van der Waals surface area contributed by atoms with Gasteiger partial charge in [-0.05, 0) is 37.7 Å². The molecule has 0 saturated heterocycles. The minimum atomic E-state index is -0.0441. The van der Waals surface area contributed by atoms with E-state index in [9.17, 15) is 4.79 Å². The number of nitrogen functional groups attached to an aromatic ring is 1. The van der Waals surface area contributed by atoms with Crippen LogP contribution in [0.25, 0.3) is 10.2 Å². The second-order valence-corrected chi connectivity index (χ2v) is 8.05. The van der Waals surface area contributed by atoms with Crippen LogP contribution in [0.3, 0.4) is 0 Å². The van der Waals surface area contributed by atoms with Gasteiger partial charge in [-0.1, -0.05) is 45.4 Å². The van der Waals surface area contributed by atoms with Gasteiger partial charge in [-0.2, -0.15) is 0 Å². The van der Waals surface area contributed by atoms with Crippen molar-refractivity contribution in [3.8, 4) is 0 Å². The summed E-state index contributed by atoms with van der Waals surface area (Å²) in [4.78, 5) is 19.7. The van der Waals surface area contributed by atoms with Crippen LogP contribution in [0.1, 0.15) is 81.0 Å². The van der Waals surface area contributed by atoms with E-state index in [-0.39, 0.29) is 5.56 Å². The predicted molar refractivity (Wildman–Crippen MR) is 102 cm³/mol. The maximum Gasteiger partial charge on any atom is 0.280 e. The van der Waals surface area contributed by atoms with Crippen molar-refractivity contribution in [1.82, 2.24) is 9.66 Å². The molecule has 0 fully saturated rings. The molecular weight excluding hydrogens is 318 g/mol. The molecule has 0 spiro atoms. The number of aryl methyl sites for hydroxylation is 3. The molecule has 1 aliphatic carbocycles. The van der Waals surface area contributed by atoms with Crippen LogP contribution in [0, 0.1) is 0 Å². The van der Waals surface area contributed by atoms with Crippen molar-refractivity contribution < 1.29 is 0 Å². The zero-order valence-corrected chi connectivity index (χ0v) is 15.6. The molecule has 2 aromatic rings. The smallest absolute Gasteiger partial charge is 0.280 e. The third-order valence-electron chi connectivity index (χ3n) is 5.10. The van der Waals surface area contributed by atoms with Gasteiger partial charge in [0.1, 0.15) is 10.7 Å². The quantitative estimate of drug-likeness (QED) is 0.570. The van der Waals surface area contributed by atoms with Crippen molar-refractivity contribution in [1.29, 1.82) is 0 Å². The van der Waals surface area contributed by atoms with Crippen molar-refractivity contribution in [2.45, 2.75) is 84.0 Å². The summed E-state index contributed by atoms with van der Waals surface area (Å²) in [5, 5.41) is 0.792. The Balaban J connectivity index is 1.68. The molecule has 2 heterocycles. The molecule has 3 rings (SSSR count). The number of fused-ring (bicyclic) bond motifs is 3. The lowest BCUT2D eigenvalue weighted by Gasteiger charge is -2.10. The van der Waals surface area contributed by atoms with Crippen LogP contribution >= 0.6 is 11.3 Å². The molecule has 0 bridgehead atoms. The summed E-state index contributed by atoms with van der Waals surface area (Å²) in [6, 6.07) is 0. The van der Waals surface area contributed by atoms with Gasteiger partial charge in [0, 0.05) is 11.3 Å². The standard InChI is InChI=1S/C19H29N3OS/c1-2-3-4-5-6-7-8-13-16-21-18-17(19(23)22(16)20)14-11-9-10-12-15(14)24-18/h2-13,20H2,1H3. The molecule has 0 saturated carbocycles. The van der Waals surface area contributed by atoms with Crippen LogP contribution in [-0.4, -0.2) is 9.66 Å². The lowest BCUT2D eigenvalue weighted by Crippen LogP contribution is -2.31. The molecular formula is C19H29N3OS. The van der Waals surface area contributed by atoms with Crippen molar-refractivity contribution in [2.24, 2.45) is 0 Å². The summed E-state index contributed by atoms with van der Waals surface area (Å²) in [5.74, 6) is 6.82. The van der Waals surface area contributed by atoms with Crippen LogP contribution in [0.5, 0.6) is 0 Å². The summed E-state index contributed by atoms with van der Waals surface area (Å²) < 4.78 is 1.31. The predicted octanol–water partition coefficient (Wildman–Crippen LogP) is 4.34. The lowest BCUT2D eigenvalue weighted by molar-refractivity contribution is 0.580. The van der Waals surface area contributed by atoms with Crippen molar-refractivity contribution >= 4 is 21.6 Å². The number of nitrogens with two attached hydrogens (primary N) is 1.